The van der Waals surface area contributed by atoms with Gasteiger partial charge in [-0.3, -0.25) is 0 Å². The summed E-state index contributed by atoms with van der Waals surface area (Å²) < 4.78 is 0. The zero-order valence-corrected chi connectivity index (χ0v) is 9.87. The summed E-state index contributed by atoms with van der Waals surface area (Å²) in [4.78, 5) is 0. The van der Waals surface area contributed by atoms with E-state index in [4.69, 9.17) is 0 Å². The third kappa shape index (κ3) is 6.95. The molecule has 0 aromatic heterocycles. The van der Waals surface area contributed by atoms with Crippen LogP contribution >= 0.6 is 11.8 Å². The number of hydrogen-bond acceptors (Lipinski definition) is 1. The maximum atomic E-state index is 3.86. The maximum Gasteiger partial charge on any atom is 1.00 e. The molecule has 1 aliphatic carbocycles. The summed E-state index contributed by atoms with van der Waals surface area (Å²) >= 11 is 2.21. The van der Waals surface area contributed by atoms with Crippen LogP contribution in [-0.2, 0) is 0 Å². The van der Waals surface area contributed by atoms with Crippen molar-refractivity contribution in [1.29, 1.82) is 0 Å². The van der Waals surface area contributed by atoms with Gasteiger partial charge in [-0.1, -0.05) is 25.7 Å². The second-order valence-electron chi connectivity index (χ2n) is 3.69. The molecule has 0 unspecified atom stereocenters. The van der Waals surface area contributed by atoms with E-state index in [9.17, 15) is 0 Å². The summed E-state index contributed by atoms with van der Waals surface area (Å²) in [5.74, 6) is 1.38. The van der Waals surface area contributed by atoms with Gasteiger partial charge in [0, 0.05) is 5.25 Å². The van der Waals surface area contributed by atoms with E-state index in [1.165, 1.54) is 50.7 Å². The van der Waals surface area contributed by atoms with Gasteiger partial charge >= 0.3 is 18.9 Å². The van der Waals surface area contributed by atoms with Crippen molar-refractivity contribution >= 4 is 11.8 Å². The molecule has 0 nitrogen and oxygen atoms in total. The van der Waals surface area contributed by atoms with Gasteiger partial charge in [-0.05, 0) is 25.0 Å². The molecule has 1 fully saturated rings. The smallest absolute Gasteiger partial charge is 0.343 e. The third-order valence-corrected chi connectivity index (χ3v) is 4.02. The molecular formula is C11H21LiS. The minimum atomic E-state index is 0. The Morgan fingerprint density at radius 2 is 1.77 bits per heavy atom. The molecule has 1 aliphatic rings. The predicted octanol–water partition coefficient (Wildman–Crippen LogP) is 1.06. The average molecular weight is 192 g/mol. The summed E-state index contributed by atoms with van der Waals surface area (Å²) in [5, 5.41) is 1.00. The van der Waals surface area contributed by atoms with Gasteiger partial charge < -0.3 is 6.92 Å². The molecule has 0 aromatic rings. The molecule has 0 heterocycles. The van der Waals surface area contributed by atoms with Gasteiger partial charge in [0.05, 0.1) is 0 Å². The number of rotatable bonds is 5. The maximum absolute atomic E-state index is 3.86. The van der Waals surface area contributed by atoms with Gasteiger partial charge in [0.2, 0.25) is 0 Å². The molecule has 0 aromatic carbocycles. The van der Waals surface area contributed by atoms with E-state index < -0.39 is 0 Å². The Hall–Kier alpha value is 0.947. The quantitative estimate of drug-likeness (QED) is 0.356. The molecule has 13 heavy (non-hydrogen) atoms. The Bertz CT molecular complexity index is 100. The molecule has 0 spiro atoms. The minimum absolute atomic E-state index is 0. The van der Waals surface area contributed by atoms with E-state index in [0.717, 1.165) is 11.7 Å². The number of thioether (sulfide) groups is 1. The van der Waals surface area contributed by atoms with Gasteiger partial charge in [-0.15, -0.1) is 0 Å². The molecule has 0 atom stereocenters. The van der Waals surface area contributed by atoms with Crippen molar-refractivity contribution in [3.8, 4) is 0 Å². The Labute approximate surface area is 99.8 Å². The minimum Gasteiger partial charge on any atom is -0.343 e. The zero-order chi connectivity index (χ0) is 8.65. The molecule has 0 N–H and O–H groups in total. The summed E-state index contributed by atoms with van der Waals surface area (Å²) in [5.41, 5.74) is 0. The van der Waals surface area contributed by atoms with Crippen molar-refractivity contribution in [3.63, 3.8) is 0 Å². The first-order chi connectivity index (χ1) is 5.93. The molecule has 0 radical (unpaired) electrons. The van der Waals surface area contributed by atoms with Crippen molar-refractivity contribution in [2.45, 2.75) is 56.6 Å². The average Bonchev–Trinajstić information content (AvgIpc) is 2.14. The first-order valence-electron chi connectivity index (χ1n) is 5.34. The van der Waals surface area contributed by atoms with Gasteiger partial charge in [0.25, 0.3) is 0 Å². The third-order valence-electron chi connectivity index (χ3n) is 2.55. The molecule has 1 rings (SSSR count). The molecule has 2 heteroatoms. The van der Waals surface area contributed by atoms with E-state index in [0.29, 0.717) is 0 Å². The molecule has 0 aliphatic heterocycles. The van der Waals surface area contributed by atoms with Gasteiger partial charge in [0.1, 0.15) is 0 Å². The standard InChI is InChI=1S/C11H21S.Li/c1-2-3-7-10-12-11-8-5-4-6-9-11;/h11H,1-10H2;/q-1;+1. The SMILES string of the molecule is [CH2-]CCCCSC1CCCCC1.[Li+]. The predicted molar refractivity (Wildman–Crippen MR) is 58.5 cm³/mol. The Morgan fingerprint density at radius 1 is 1.08 bits per heavy atom. The number of unbranched alkanes of at least 4 members (excludes halogenated alkanes) is 2. The molecule has 0 bridgehead atoms. The fourth-order valence-corrected chi connectivity index (χ4v) is 3.13. The van der Waals surface area contributed by atoms with E-state index in [1.807, 2.05) is 0 Å². The zero-order valence-electron chi connectivity index (χ0n) is 9.06. The summed E-state index contributed by atoms with van der Waals surface area (Å²) in [6.45, 7) is 3.86. The normalized spacial score (nSPS) is 18.2. The Balaban J connectivity index is 0.00000144. The second-order valence-corrected chi connectivity index (χ2v) is 5.10. The van der Waals surface area contributed by atoms with E-state index in [-0.39, 0.29) is 18.9 Å². The fourth-order valence-electron chi connectivity index (χ4n) is 1.76. The number of hydrogen-bond donors (Lipinski definition) is 0. The van der Waals surface area contributed by atoms with Crippen LogP contribution in [0, 0.1) is 6.92 Å². The van der Waals surface area contributed by atoms with Crippen molar-refractivity contribution in [1.82, 2.24) is 0 Å². The van der Waals surface area contributed by atoms with Crippen LogP contribution in [0.25, 0.3) is 0 Å². The van der Waals surface area contributed by atoms with Crippen LogP contribution in [0.15, 0.2) is 0 Å². The van der Waals surface area contributed by atoms with E-state index in [1.54, 1.807) is 0 Å². The topological polar surface area (TPSA) is 0 Å². The van der Waals surface area contributed by atoms with Gasteiger partial charge in [-0.25, -0.2) is 0 Å². The Morgan fingerprint density at radius 3 is 2.38 bits per heavy atom. The van der Waals surface area contributed by atoms with Crippen molar-refractivity contribution in [2.24, 2.45) is 0 Å². The Kier molecular flexibility index (Phi) is 10.2. The van der Waals surface area contributed by atoms with Crippen LogP contribution in [-0.4, -0.2) is 11.0 Å². The van der Waals surface area contributed by atoms with E-state index in [2.05, 4.69) is 18.7 Å². The van der Waals surface area contributed by atoms with Crippen molar-refractivity contribution in [2.75, 3.05) is 5.75 Å². The largest absolute Gasteiger partial charge is 1.00 e. The summed E-state index contributed by atoms with van der Waals surface area (Å²) in [6.07, 6.45) is 11.2. The van der Waals surface area contributed by atoms with Crippen LogP contribution in [0.4, 0.5) is 0 Å². The van der Waals surface area contributed by atoms with Crippen molar-refractivity contribution < 1.29 is 18.9 Å². The molecule has 1 saturated carbocycles. The molecule has 0 saturated heterocycles. The molecule has 0 amide bonds. The summed E-state index contributed by atoms with van der Waals surface area (Å²) in [6, 6.07) is 0. The van der Waals surface area contributed by atoms with Crippen LogP contribution in [0.2, 0.25) is 0 Å². The first kappa shape index (κ1) is 13.9. The van der Waals surface area contributed by atoms with Crippen LogP contribution in [0.1, 0.15) is 51.4 Å². The van der Waals surface area contributed by atoms with Crippen LogP contribution < -0.4 is 18.9 Å². The first-order valence-corrected chi connectivity index (χ1v) is 6.39. The molecular weight excluding hydrogens is 171 g/mol. The fraction of sp³-hybridized carbons (Fsp3) is 0.909. The van der Waals surface area contributed by atoms with Gasteiger partial charge in [-0.2, -0.15) is 18.2 Å². The van der Waals surface area contributed by atoms with Crippen LogP contribution in [0.3, 0.4) is 0 Å². The van der Waals surface area contributed by atoms with Gasteiger partial charge in [0.15, 0.2) is 0 Å². The monoisotopic (exact) mass is 192 g/mol. The summed E-state index contributed by atoms with van der Waals surface area (Å²) in [7, 11) is 0. The molecule has 72 valence electrons. The van der Waals surface area contributed by atoms with Crippen molar-refractivity contribution in [3.05, 3.63) is 6.92 Å². The second kappa shape index (κ2) is 9.50. The van der Waals surface area contributed by atoms with Crippen LogP contribution in [0.5, 0.6) is 0 Å². The van der Waals surface area contributed by atoms with E-state index >= 15 is 0 Å².